The third-order valence-corrected chi connectivity index (χ3v) is 5.01. The molecule has 1 aliphatic carbocycles. The van der Waals surface area contributed by atoms with E-state index in [1.807, 2.05) is 37.8 Å². The molecule has 1 amide bonds. The largest absolute Gasteiger partial charge is 0.444 e. The van der Waals surface area contributed by atoms with Crippen molar-refractivity contribution in [2.45, 2.75) is 51.6 Å². The van der Waals surface area contributed by atoms with Gasteiger partial charge in [-0.3, -0.25) is 0 Å². The zero-order chi connectivity index (χ0) is 17.9. The lowest BCUT2D eigenvalue weighted by atomic mass is 9.88. The van der Waals surface area contributed by atoms with Crippen LogP contribution in [0, 0.1) is 5.92 Å². The molecule has 2 atom stereocenters. The van der Waals surface area contributed by atoms with Gasteiger partial charge in [-0.15, -0.1) is 0 Å². The van der Waals surface area contributed by atoms with Gasteiger partial charge in [-0.05, 0) is 57.1 Å². The monoisotopic (exact) mass is 339 g/mol. The van der Waals surface area contributed by atoms with E-state index in [-0.39, 0.29) is 6.09 Å². The van der Waals surface area contributed by atoms with Crippen LogP contribution in [0.1, 0.15) is 50.7 Å². The number of rotatable bonds is 0. The van der Waals surface area contributed by atoms with E-state index in [0.29, 0.717) is 11.8 Å². The maximum absolute atomic E-state index is 12.5. The topological polar surface area (TPSA) is 29.5 Å². The quantitative estimate of drug-likeness (QED) is 0.658. The first-order chi connectivity index (χ1) is 11.9. The van der Waals surface area contributed by atoms with Crippen LogP contribution in [0.4, 0.5) is 4.79 Å². The van der Waals surface area contributed by atoms with Crippen molar-refractivity contribution in [2.24, 2.45) is 5.92 Å². The van der Waals surface area contributed by atoms with E-state index in [1.54, 1.807) is 0 Å². The summed E-state index contributed by atoms with van der Waals surface area (Å²) in [6.45, 7) is 7.34. The Kier molecular flexibility index (Phi) is 5.31. The van der Waals surface area contributed by atoms with Crippen molar-refractivity contribution >= 4 is 6.09 Å². The van der Waals surface area contributed by atoms with Crippen LogP contribution in [0.2, 0.25) is 0 Å². The van der Waals surface area contributed by atoms with Crippen molar-refractivity contribution in [3.05, 3.63) is 59.7 Å². The van der Waals surface area contributed by atoms with Crippen LogP contribution < -0.4 is 0 Å². The summed E-state index contributed by atoms with van der Waals surface area (Å²) in [4.78, 5) is 14.4. The van der Waals surface area contributed by atoms with Gasteiger partial charge in [0.05, 0.1) is 0 Å². The van der Waals surface area contributed by atoms with Gasteiger partial charge in [-0.2, -0.15) is 0 Å². The molecule has 1 fully saturated rings. The van der Waals surface area contributed by atoms with E-state index in [9.17, 15) is 4.79 Å². The maximum atomic E-state index is 12.5. The van der Waals surface area contributed by atoms with E-state index in [4.69, 9.17) is 4.74 Å². The Morgan fingerprint density at radius 2 is 1.72 bits per heavy atom. The number of hydrogen-bond acceptors (Lipinski definition) is 2. The zero-order valence-electron chi connectivity index (χ0n) is 15.6. The van der Waals surface area contributed by atoms with Gasteiger partial charge in [-0.1, -0.05) is 48.5 Å². The van der Waals surface area contributed by atoms with E-state index in [2.05, 4.69) is 36.4 Å². The SMILES string of the molecule is CC(C)(C)OC(=O)N1CC2CCCc3ccccccccc3C2C1. The molecular weight excluding hydrogens is 310 g/mol. The Bertz CT molecular complexity index is 676. The highest BCUT2D eigenvalue weighted by atomic mass is 16.6. The molecule has 134 valence electrons. The first-order valence-electron chi connectivity index (χ1n) is 9.33. The number of carbonyl (C=O) groups is 1. The minimum atomic E-state index is -0.442. The molecule has 3 heteroatoms. The van der Waals surface area contributed by atoms with Crippen molar-refractivity contribution in [1.82, 2.24) is 4.90 Å². The van der Waals surface area contributed by atoms with Crippen molar-refractivity contribution in [2.75, 3.05) is 13.1 Å². The molecule has 1 aromatic rings. The third kappa shape index (κ3) is 4.53. The zero-order valence-corrected chi connectivity index (χ0v) is 15.6. The summed E-state index contributed by atoms with van der Waals surface area (Å²) in [7, 11) is 0. The highest BCUT2D eigenvalue weighted by Gasteiger charge is 2.39. The molecule has 0 N–H and O–H groups in total. The Hall–Kier alpha value is -2.03. The molecule has 0 radical (unpaired) electrons. The number of amides is 1. The summed E-state index contributed by atoms with van der Waals surface area (Å²) in [6, 6.07) is 17.0. The number of carbonyl (C=O) groups excluding carboxylic acids is 1. The fraction of sp³-hybridized carbons (Fsp3) is 0.500. The van der Waals surface area contributed by atoms with Crippen LogP contribution >= 0.6 is 0 Å². The lowest BCUT2D eigenvalue weighted by molar-refractivity contribution is 0.0286. The second-order valence-electron chi connectivity index (χ2n) is 8.11. The fourth-order valence-electron chi connectivity index (χ4n) is 3.93. The molecule has 0 spiro atoms. The number of nitrogens with zero attached hydrogens (tertiary/aromatic N) is 1. The molecular formula is C22H29NO2. The predicted molar refractivity (Wildman–Crippen MR) is 101 cm³/mol. The van der Waals surface area contributed by atoms with E-state index in [1.165, 1.54) is 24.0 Å². The molecule has 0 aromatic heterocycles. The maximum Gasteiger partial charge on any atom is 0.410 e. The molecule has 3 rings (SSSR count). The highest BCUT2D eigenvalue weighted by Crippen LogP contribution is 2.40. The van der Waals surface area contributed by atoms with Gasteiger partial charge < -0.3 is 9.64 Å². The summed E-state index contributed by atoms with van der Waals surface area (Å²) in [5, 5.41) is 0. The second kappa shape index (κ2) is 7.47. The Balaban J connectivity index is 1.90. The fourth-order valence-corrected chi connectivity index (χ4v) is 3.93. The number of aryl methyl sites for hydroxylation is 1. The van der Waals surface area contributed by atoms with Gasteiger partial charge in [0.15, 0.2) is 0 Å². The van der Waals surface area contributed by atoms with Crippen LogP contribution in [-0.4, -0.2) is 29.7 Å². The van der Waals surface area contributed by atoms with E-state index >= 15 is 0 Å². The van der Waals surface area contributed by atoms with Gasteiger partial charge in [-0.25, -0.2) is 4.79 Å². The van der Waals surface area contributed by atoms with Crippen LogP contribution in [0.15, 0.2) is 48.5 Å². The Morgan fingerprint density at radius 1 is 1.04 bits per heavy atom. The van der Waals surface area contributed by atoms with E-state index < -0.39 is 5.60 Å². The van der Waals surface area contributed by atoms with Gasteiger partial charge in [0.1, 0.15) is 5.60 Å². The van der Waals surface area contributed by atoms with Gasteiger partial charge in [0.25, 0.3) is 0 Å². The number of hydrogen-bond donors (Lipinski definition) is 0. The third-order valence-electron chi connectivity index (χ3n) is 5.01. The molecule has 1 aromatic carbocycles. The number of likely N-dealkylation sites (tertiary alicyclic amines) is 1. The molecule has 1 heterocycles. The standard InChI is InChI=1S/C22H29NO2/c1-22(2,3)25-21(24)23-15-18-13-10-12-17-11-8-6-4-5-7-9-14-19(17)20(18)16-23/h4-9,11,14,18,20H,10,12-13,15-16H2,1-3H3. The summed E-state index contributed by atoms with van der Waals surface area (Å²) in [5.74, 6) is 0.934. The van der Waals surface area contributed by atoms with Crippen LogP contribution in [0.5, 0.6) is 0 Å². The van der Waals surface area contributed by atoms with Crippen LogP contribution in [0.25, 0.3) is 0 Å². The molecule has 2 unspecified atom stereocenters. The van der Waals surface area contributed by atoms with Gasteiger partial charge >= 0.3 is 6.09 Å². The van der Waals surface area contributed by atoms with Crippen LogP contribution in [-0.2, 0) is 11.2 Å². The predicted octanol–water partition coefficient (Wildman–Crippen LogP) is 5.10. The van der Waals surface area contributed by atoms with Crippen LogP contribution in [0.3, 0.4) is 0 Å². The molecule has 2 aliphatic rings. The molecule has 0 saturated carbocycles. The summed E-state index contributed by atoms with van der Waals surface area (Å²) in [6.07, 6.45) is 3.29. The first-order valence-corrected chi connectivity index (χ1v) is 9.33. The molecule has 3 nitrogen and oxygen atoms in total. The second-order valence-corrected chi connectivity index (χ2v) is 8.11. The summed E-state index contributed by atoms with van der Waals surface area (Å²) >= 11 is 0. The highest BCUT2D eigenvalue weighted by molar-refractivity contribution is 5.69. The lowest BCUT2D eigenvalue weighted by Crippen LogP contribution is -2.35. The van der Waals surface area contributed by atoms with Crippen molar-refractivity contribution in [3.63, 3.8) is 0 Å². The minimum absolute atomic E-state index is 0.176. The summed E-state index contributed by atoms with van der Waals surface area (Å²) < 4.78 is 5.59. The molecule has 0 bridgehead atoms. The van der Waals surface area contributed by atoms with Gasteiger partial charge in [0, 0.05) is 19.0 Å². The normalized spacial score (nSPS) is 22.3. The first kappa shape index (κ1) is 17.8. The van der Waals surface area contributed by atoms with Crippen molar-refractivity contribution < 1.29 is 9.53 Å². The Morgan fingerprint density at radius 3 is 2.44 bits per heavy atom. The Labute approximate surface area is 151 Å². The van der Waals surface area contributed by atoms with Crippen molar-refractivity contribution in [1.29, 1.82) is 0 Å². The lowest BCUT2D eigenvalue weighted by Gasteiger charge is -2.24. The number of ether oxygens (including phenoxy) is 1. The molecule has 25 heavy (non-hydrogen) atoms. The smallest absolute Gasteiger partial charge is 0.410 e. The average molecular weight is 339 g/mol. The van der Waals surface area contributed by atoms with Crippen molar-refractivity contribution in [3.8, 4) is 0 Å². The number of fused-ring (bicyclic) bond motifs is 3. The van der Waals surface area contributed by atoms with E-state index in [0.717, 1.165) is 19.5 Å². The molecule has 1 aliphatic heterocycles. The van der Waals surface area contributed by atoms with Gasteiger partial charge in [0.2, 0.25) is 0 Å². The minimum Gasteiger partial charge on any atom is -0.444 e. The average Bonchev–Trinajstić information content (AvgIpc) is 2.88. The molecule has 1 saturated heterocycles. The summed E-state index contributed by atoms with van der Waals surface area (Å²) in [5.41, 5.74) is 2.36.